The fraction of sp³-hybridized carbons (Fsp3) is 0.567. The molecular formula is C30H43NO3. The summed E-state index contributed by atoms with van der Waals surface area (Å²) in [6, 6.07) is 10.6. The molecule has 0 fully saturated rings. The summed E-state index contributed by atoms with van der Waals surface area (Å²) in [5.41, 5.74) is 1.56. The minimum atomic E-state index is -0.281. The number of carbonyl (C=O) groups excluding carboxylic acids is 2. The van der Waals surface area contributed by atoms with Crippen LogP contribution in [0.15, 0.2) is 42.6 Å². The molecule has 0 saturated heterocycles. The van der Waals surface area contributed by atoms with E-state index in [4.69, 9.17) is 4.74 Å². The van der Waals surface area contributed by atoms with Gasteiger partial charge in [0.1, 0.15) is 11.4 Å². The van der Waals surface area contributed by atoms with E-state index in [0.29, 0.717) is 23.4 Å². The number of benzene rings is 1. The van der Waals surface area contributed by atoms with Crippen molar-refractivity contribution in [2.75, 3.05) is 0 Å². The third-order valence-electron chi connectivity index (χ3n) is 6.31. The first-order valence-electron chi connectivity index (χ1n) is 13.4. The van der Waals surface area contributed by atoms with Crippen molar-refractivity contribution < 1.29 is 14.3 Å². The topological polar surface area (TPSA) is 56.3 Å². The van der Waals surface area contributed by atoms with Gasteiger partial charge in [-0.25, -0.2) is 0 Å². The highest BCUT2D eigenvalue weighted by Crippen LogP contribution is 2.23. The highest BCUT2D eigenvalue weighted by molar-refractivity contribution is 6.10. The number of rotatable bonds is 18. The molecule has 0 aliphatic heterocycles. The molecule has 1 aromatic carbocycles. The van der Waals surface area contributed by atoms with Gasteiger partial charge in [-0.05, 0) is 37.1 Å². The fourth-order valence-corrected chi connectivity index (χ4v) is 4.23. The van der Waals surface area contributed by atoms with E-state index in [9.17, 15) is 9.59 Å². The lowest BCUT2D eigenvalue weighted by Gasteiger charge is -2.10. The highest BCUT2D eigenvalue weighted by Gasteiger charge is 2.19. The van der Waals surface area contributed by atoms with Crippen LogP contribution in [0.5, 0.6) is 5.75 Å². The Bertz CT molecular complexity index is 862. The molecule has 2 aromatic rings. The summed E-state index contributed by atoms with van der Waals surface area (Å²) < 4.78 is 5.55. The second kappa shape index (κ2) is 17.0. The number of aryl methyl sites for hydroxylation is 1. The van der Waals surface area contributed by atoms with Crippen LogP contribution in [-0.2, 0) is 4.79 Å². The van der Waals surface area contributed by atoms with Crippen LogP contribution < -0.4 is 4.74 Å². The fourth-order valence-electron chi connectivity index (χ4n) is 4.23. The highest BCUT2D eigenvalue weighted by atomic mass is 16.5. The Hall–Kier alpha value is -2.49. The summed E-state index contributed by atoms with van der Waals surface area (Å²) in [7, 11) is 0. The first kappa shape index (κ1) is 27.8. The van der Waals surface area contributed by atoms with Gasteiger partial charge in [-0.3, -0.25) is 14.6 Å². The van der Waals surface area contributed by atoms with Crippen LogP contribution >= 0.6 is 0 Å². The Kier molecular flexibility index (Phi) is 13.9. The standard InChI is InChI=1S/C30H43NO3/c1-3-4-5-6-7-8-9-10-11-12-13-14-15-16-23-28(32)34-27-22-18-17-21-26(27)30(33)29-25(2)20-19-24-31-29/h17-22,24H,3-16,23H2,1-2H3. The van der Waals surface area contributed by atoms with Crippen LogP contribution in [0, 0.1) is 6.92 Å². The molecule has 0 unspecified atom stereocenters. The molecule has 0 radical (unpaired) electrons. The summed E-state index contributed by atoms with van der Waals surface area (Å²) in [5.74, 6) is -0.192. The van der Waals surface area contributed by atoms with Gasteiger partial charge in [0.15, 0.2) is 0 Å². The van der Waals surface area contributed by atoms with Gasteiger partial charge in [0, 0.05) is 12.6 Å². The van der Waals surface area contributed by atoms with E-state index < -0.39 is 0 Å². The molecule has 4 nitrogen and oxygen atoms in total. The maximum Gasteiger partial charge on any atom is 0.311 e. The summed E-state index contributed by atoms with van der Waals surface area (Å²) >= 11 is 0. The van der Waals surface area contributed by atoms with Gasteiger partial charge in [0.05, 0.1) is 5.56 Å². The normalized spacial score (nSPS) is 10.9. The van der Waals surface area contributed by atoms with Gasteiger partial charge in [-0.2, -0.15) is 0 Å². The third kappa shape index (κ3) is 10.6. The number of pyridine rings is 1. The van der Waals surface area contributed by atoms with Gasteiger partial charge < -0.3 is 4.74 Å². The van der Waals surface area contributed by atoms with E-state index in [1.807, 2.05) is 13.0 Å². The van der Waals surface area contributed by atoms with Gasteiger partial charge in [0.2, 0.25) is 5.78 Å². The SMILES string of the molecule is CCCCCCCCCCCCCCCCC(=O)Oc1ccccc1C(=O)c1ncccc1C. The van der Waals surface area contributed by atoms with Crippen molar-refractivity contribution in [2.45, 2.75) is 110 Å². The Morgan fingerprint density at radius 1 is 0.735 bits per heavy atom. The van der Waals surface area contributed by atoms with Crippen LogP contribution in [0.2, 0.25) is 0 Å². The zero-order valence-electron chi connectivity index (χ0n) is 21.3. The molecular weight excluding hydrogens is 422 g/mol. The summed E-state index contributed by atoms with van der Waals surface area (Å²) in [4.78, 5) is 29.5. The number of ketones is 1. The van der Waals surface area contributed by atoms with Crippen LogP contribution in [0.3, 0.4) is 0 Å². The van der Waals surface area contributed by atoms with Crippen molar-refractivity contribution >= 4 is 11.8 Å². The minimum Gasteiger partial charge on any atom is -0.426 e. The summed E-state index contributed by atoms with van der Waals surface area (Å²) in [6.07, 6.45) is 19.9. The van der Waals surface area contributed by atoms with Crippen molar-refractivity contribution in [2.24, 2.45) is 0 Å². The quantitative estimate of drug-likeness (QED) is 0.0959. The van der Waals surface area contributed by atoms with Crippen molar-refractivity contribution in [1.82, 2.24) is 4.98 Å². The zero-order chi connectivity index (χ0) is 24.4. The van der Waals surface area contributed by atoms with Crippen molar-refractivity contribution in [3.8, 4) is 5.75 Å². The molecule has 0 aliphatic carbocycles. The number of esters is 1. The molecule has 4 heteroatoms. The molecule has 0 aliphatic rings. The number of ether oxygens (including phenoxy) is 1. The van der Waals surface area contributed by atoms with Gasteiger partial charge in [-0.1, -0.05) is 109 Å². The molecule has 0 saturated carbocycles. The van der Waals surface area contributed by atoms with Gasteiger partial charge in [-0.15, -0.1) is 0 Å². The Morgan fingerprint density at radius 2 is 1.29 bits per heavy atom. The van der Waals surface area contributed by atoms with Crippen LogP contribution in [-0.4, -0.2) is 16.7 Å². The molecule has 0 bridgehead atoms. The third-order valence-corrected chi connectivity index (χ3v) is 6.31. The summed E-state index contributed by atoms with van der Waals surface area (Å²) in [5, 5.41) is 0. The Labute approximate surface area is 206 Å². The monoisotopic (exact) mass is 465 g/mol. The van der Waals surface area contributed by atoms with Crippen molar-refractivity contribution in [1.29, 1.82) is 0 Å². The predicted molar refractivity (Wildman–Crippen MR) is 139 cm³/mol. The number of hydrogen-bond donors (Lipinski definition) is 0. The molecule has 0 amide bonds. The molecule has 34 heavy (non-hydrogen) atoms. The van der Waals surface area contributed by atoms with Gasteiger partial charge >= 0.3 is 5.97 Å². The Balaban J connectivity index is 1.59. The molecule has 0 spiro atoms. The van der Waals surface area contributed by atoms with E-state index in [1.165, 1.54) is 77.0 Å². The lowest BCUT2D eigenvalue weighted by atomic mass is 10.0. The van der Waals surface area contributed by atoms with E-state index in [2.05, 4.69) is 11.9 Å². The predicted octanol–water partition coefficient (Wildman–Crippen LogP) is 8.40. The largest absolute Gasteiger partial charge is 0.426 e. The molecule has 0 N–H and O–H groups in total. The van der Waals surface area contributed by atoms with Crippen LogP contribution in [0.25, 0.3) is 0 Å². The number of carbonyl (C=O) groups is 2. The second-order valence-electron chi connectivity index (χ2n) is 9.31. The van der Waals surface area contributed by atoms with Crippen molar-refractivity contribution in [3.05, 3.63) is 59.4 Å². The lowest BCUT2D eigenvalue weighted by Crippen LogP contribution is -2.13. The maximum absolute atomic E-state index is 12.9. The smallest absolute Gasteiger partial charge is 0.311 e. The Morgan fingerprint density at radius 3 is 1.88 bits per heavy atom. The number of para-hydroxylation sites is 1. The van der Waals surface area contributed by atoms with E-state index in [-0.39, 0.29) is 11.8 Å². The number of unbranched alkanes of at least 4 members (excludes halogenated alkanes) is 13. The first-order chi connectivity index (χ1) is 16.6. The first-order valence-corrected chi connectivity index (χ1v) is 13.4. The van der Waals surface area contributed by atoms with E-state index in [1.54, 1.807) is 36.5 Å². The number of nitrogens with zero attached hydrogens (tertiary/aromatic N) is 1. The van der Waals surface area contributed by atoms with Crippen LogP contribution in [0.4, 0.5) is 0 Å². The summed E-state index contributed by atoms with van der Waals surface area (Å²) in [6.45, 7) is 4.12. The number of hydrogen-bond acceptors (Lipinski definition) is 4. The van der Waals surface area contributed by atoms with Crippen molar-refractivity contribution in [3.63, 3.8) is 0 Å². The minimum absolute atomic E-state index is 0.224. The van der Waals surface area contributed by atoms with Crippen LogP contribution in [0.1, 0.15) is 125 Å². The second-order valence-corrected chi connectivity index (χ2v) is 9.31. The molecule has 186 valence electrons. The molecule has 0 atom stereocenters. The van der Waals surface area contributed by atoms with Gasteiger partial charge in [0.25, 0.3) is 0 Å². The zero-order valence-corrected chi connectivity index (χ0v) is 21.3. The van der Waals surface area contributed by atoms with E-state index >= 15 is 0 Å². The average Bonchev–Trinajstić information content (AvgIpc) is 2.84. The number of aromatic nitrogens is 1. The molecule has 1 aromatic heterocycles. The molecule has 2 rings (SSSR count). The molecule has 1 heterocycles. The average molecular weight is 466 g/mol. The lowest BCUT2D eigenvalue weighted by molar-refractivity contribution is -0.134. The van der Waals surface area contributed by atoms with E-state index in [0.717, 1.165) is 18.4 Å². The maximum atomic E-state index is 12.9.